The summed E-state index contributed by atoms with van der Waals surface area (Å²) < 4.78 is 4.29. The second-order valence-corrected chi connectivity index (χ2v) is 6.18. The van der Waals surface area contributed by atoms with Crippen LogP contribution >= 0.6 is 11.5 Å². The average Bonchev–Trinajstić information content (AvgIpc) is 3.00. The molecule has 2 aliphatic carbocycles. The number of anilines is 2. The Morgan fingerprint density at radius 2 is 2.18 bits per heavy atom. The maximum Gasteiger partial charge on any atom is 0.142 e. The van der Waals surface area contributed by atoms with Crippen molar-refractivity contribution in [1.29, 1.82) is 0 Å². The molecule has 3 rings (SSSR count). The van der Waals surface area contributed by atoms with Crippen LogP contribution < -0.4 is 10.6 Å². The van der Waals surface area contributed by atoms with Gasteiger partial charge in [0, 0.05) is 19.2 Å². The van der Waals surface area contributed by atoms with Gasteiger partial charge in [-0.2, -0.15) is 4.37 Å². The van der Waals surface area contributed by atoms with E-state index in [2.05, 4.69) is 16.3 Å². The Balaban J connectivity index is 1.70. The SMILES string of the molecule is CN(CC1CC(O)C1)c1snc(N)c1C1CC1. The Kier molecular flexibility index (Phi) is 2.75. The number of nitrogen functional groups attached to an aromatic ring is 1. The Bertz CT molecular complexity index is 410. The van der Waals surface area contributed by atoms with Crippen LogP contribution in [-0.4, -0.2) is 29.2 Å². The van der Waals surface area contributed by atoms with Crippen molar-refractivity contribution in [2.75, 3.05) is 24.2 Å². The van der Waals surface area contributed by atoms with Crippen LogP contribution in [0.4, 0.5) is 10.8 Å². The summed E-state index contributed by atoms with van der Waals surface area (Å²) in [6.45, 7) is 1.01. The van der Waals surface area contributed by atoms with E-state index in [1.165, 1.54) is 34.9 Å². The second kappa shape index (κ2) is 4.14. The number of rotatable bonds is 4. The molecule has 0 spiro atoms. The topological polar surface area (TPSA) is 62.4 Å². The van der Waals surface area contributed by atoms with Gasteiger partial charge >= 0.3 is 0 Å². The maximum atomic E-state index is 9.31. The van der Waals surface area contributed by atoms with Crippen molar-refractivity contribution in [1.82, 2.24) is 4.37 Å². The third kappa shape index (κ3) is 2.13. The highest BCUT2D eigenvalue weighted by Gasteiger charge is 2.33. The molecule has 5 heteroatoms. The number of aromatic nitrogens is 1. The Hall–Kier alpha value is -0.810. The fourth-order valence-electron chi connectivity index (χ4n) is 2.65. The molecule has 2 aliphatic rings. The first kappa shape index (κ1) is 11.3. The van der Waals surface area contributed by atoms with E-state index in [-0.39, 0.29) is 6.10 Å². The van der Waals surface area contributed by atoms with Crippen LogP contribution in [0.5, 0.6) is 0 Å². The summed E-state index contributed by atoms with van der Waals surface area (Å²) in [5.74, 6) is 2.01. The van der Waals surface area contributed by atoms with Gasteiger partial charge in [0.1, 0.15) is 10.8 Å². The van der Waals surface area contributed by atoms with Gasteiger partial charge in [0.05, 0.1) is 6.10 Å². The molecule has 17 heavy (non-hydrogen) atoms. The molecule has 0 radical (unpaired) electrons. The molecule has 1 aromatic rings. The number of nitrogens with zero attached hydrogens (tertiary/aromatic N) is 2. The number of nitrogens with two attached hydrogens (primary N) is 1. The molecule has 0 unspecified atom stereocenters. The molecule has 0 amide bonds. The molecule has 0 saturated heterocycles. The van der Waals surface area contributed by atoms with Crippen molar-refractivity contribution in [2.45, 2.75) is 37.7 Å². The minimum absolute atomic E-state index is 0.0668. The summed E-state index contributed by atoms with van der Waals surface area (Å²) in [4.78, 5) is 2.28. The molecule has 1 heterocycles. The Morgan fingerprint density at radius 3 is 2.76 bits per heavy atom. The molecule has 0 atom stereocenters. The third-order valence-corrected chi connectivity index (χ3v) is 4.80. The maximum absolute atomic E-state index is 9.31. The third-order valence-electron chi connectivity index (χ3n) is 3.81. The van der Waals surface area contributed by atoms with E-state index in [9.17, 15) is 5.11 Å². The molecule has 2 fully saturated rings. The smallest absolute Gasteiger partial charge is 0.142 e. The summed E-state index contributed by atoms with van der Waals surface area (Å²) in [6, 6.07) is 0. The number of aliphatic hydroxyl groups excluding tert-OH is 1. The van der Waals surface area contributed by atoms with Crippen molar-refractivity contribution in [3.63, 3.8) is 0 Å². The second-order valence-electron chi connectivity index (χ2n) is 5.43. The van der Waals surface area contributed by atoms with Crippen molar-refractivity contribution >= 4 is 22.4 Å². The van der Waals surface area contributed by atoms with Gasteiger partial charge in [0.25, 0.3) is 0 Å². The number of hydrogen-bond donors (Lipinski definition) is 2. The van der Waals surface area contributed by atoms with Gasteiger partial charge in [-0.05, 0) is 49.1 Å². The molecular formula is C12H19N3OS. The lowest BCUT2D eigenvalue weighted by Crippen LogP contribution is -2.37. The molecule has 0 aromatic carbocycles. The number of hydrogen-bond acceptors (Lipinski definition) is 5. The van der Waals surface area contributed by atoms with Crippen LogP contribution in [0.25, 0.3) is 0 Å². The Labute approximate surface area is 106 Å². The van der Waals surface area contributed by atoms with Crippen molar-refractivity contribution in [2.24, 2.45) is 5.92 Å². The standard InChI is InChI=1S/C12H19N3OS/c1-15(6-7-4-9(16)5-7)12-10(8-2-3-8)11(13)14-17-12/h7-9,16H,2-6H2,1H3,(H2,13,14). The van der Waals surface area contributed by atoms with Gasteiger partial charge in [-0.3, -0.25) is 0 Å². The average molecular weight is 253 g/mol. The zero-order chi connectivity index (χ0) is 12.0. The minimum Gasteiger partial charge on any atom is -0.393 e. The van der Waals surface area contributed by atoms with E-state index in [1.54, 1.807) is 0 Å². The first-order valence-corrected chi connectivity index (χ1v) is 7.06. The van der Waals surface area contributed by atoms with Crippen LogP contribution in [0.1, 0.15) is 37.2 Å². The van der Waals surface area contributed by atoms with E-state index in [1.807, 2.05) is 0 Å². The first-order chi connectivity index (χ1) is 8.15. The molecular weight excluding hydrogens is 234 g/mol. The first-order valence-electron chi connectivity index (χ1n) is 6.29. The molecule has 3 N–H and O–H groups in total. The van der Waals surface area contributed by atoms with E-state index in [4.69, 9.17) is 5.73 Å². The summed E-state index contributed by atoms with van der Waals surface area (Å²) in [5.41, 5.74) is 7.23. The summed E-state index contributed by atoms with van der Waals surface area (Å²) in [5, 5.41) is 10.6. The van der Waals surface area contributed by atoms with Crippen LogP contribution in [0.15, 0.2) is 0 Å². The highest BCUT2D eigenvalue weighted by atomic mass is 32.1. The molecule has 0 aliphatic heterocycles. The number of aliphatic hydroxyl groups is 1. The van der Waals surface area contributed by atoms with Crippen molar-refractivity contribution in [3.05, 3.63) is 5.56 Å². The van der Waals surface area contributed by atoms with Gasteiger partial charge in [0.2, 0.25) is 0 Å². The predicted molar refractivity (Wildman–Crippen MR) is 70.5 cm³/mol. The van der Waals surface area contributed by atoms with Crippen LogP contribution in [-0.2, 0) is 0 Å². The quantitative estimate of drug-likeness (QED) is 0.859. The van der Waals surface area contributed by atoms with E-state index < -0.39 is 0 Å². The molecule has 94 valence electrons. The van der Waals surface area contributed by atoms with E-state index >= 15 is 0 Å². The molecule has 4 nitrogen and oxygen atoms in total. The monoisotopic (exact) mass is 253 g/mol. The van der Waals surface area contributed by atoms with Crippen molar-refractivity contribution < 1.29 is 5.11 Å². The summed E-state index contributed by atoms with van der Waals surface area (Å²) in [6.07, 6.45) is 4.33. The van der Waals surface area contributed by atoms with E-state index in [0.717, 1.165) is 25.2 Å². The zero-order valence-electron chi connectivity index (χ0n) is 10.1. The Morgan fingerprint density at radius 1 is 1.47 bits per heavy atom. The van der Waals surface area contributed by atoms with Crippen LogP contribution in [0, 0.1) is 5.92 Å². The van der Waals surface area contributed by atoms with Crippen LogP contribution in [0.3, 0.4) is 0 Å². The summed E-state index contributed by atoms with van der Waals surface area (Å²) in [7, 11) is 2.11. The lowest BCUT2D eigenvalue weighted by molar-refractivity contribution is 0.0465. The molecule has 1 aromatic heterocycles. The van der Waals surface area contributed by atoms with Gasteiger partial charge in [-0.15, -0.1) is 0 Å². The lowest BCUT2D eigenvalue weighted by Gasteiger charge is -2.34. The molecule has 0 bridgehead atoms. The van der Waals surface area contributed by atoms with E-state index in [0.29, 0.717) is 11.8 Å². The van der Waals surface area contributed by atoms with Gasteiger partial charge < -0.3 is 15.7 Å². The lowest BCUT2D eigenvalue weighted by atomic mass is 9.82. The highest BCUT2D eigenvalue weighted by molar-refractivity contribution is 7.10. The predicted octanol–water partition coefficient (Wildman–Crippen LogP) is 1.81. The zero-order valence-corrected chi connectivity index (χ0v) is 10.9. The fraction of sp³-hybridized carbons (Fsp3) is 0.750. The van der Waals surface area contributed by atoms with Crippen LogP contribution in [0.2, 0.25) is 0 Å². The largest absolute Gasteiger partial charge is 0.393 e. The molecule has 2 saturated carbocycles. The van der Waals surface area contributed by atoms with Gasteiger partial charge in [-0.25, -0.2) is 0 Å². The highest BCUT2D eigenvalue weighted by Crippen LogP contribution is 2.48. The van der Waals surface area contributed by atoms with Crippen molar-refractivity contribution in [3.8, 4) is 0 Å². The normalized spacial score (nSPS) is 27.9. The van der Waals surface area contributed by atoms with Gasteiger partial charge in [-0.1, -0.05) is 0 Å². The van der Waals surface area contributed by atoms with Gasteiger partial charge in [0.15, 0.2) is 0 Å². The minimum atomic E-state index is -0.0668. The fourth-order valence-corrected chi connectivity index (χ4v) is 3.52. The summed E-state index contributed by atoms with van der Waals surface area (Å²) >= 11 is 1.52.